The van der Waals surface area contributed by atoms with E-state index in [1.807, 2.05) is 0 Å². The van der Waals surface area contributed by atoms with Crippen molar-refractivity contribution >= 4 is 17.0 Å². The summed E-state index contributed by atoms with van der Waals surface area (Å²) in [5.74, 6) is 0. The fourth-order valence-corrected chi connectivity index (χ4v) is 2.00. The van der Waals surface area contributed by atoms with Crippen molar-refractivity contribution in [3.63, 3.8) is 0 Å². The molecule has 0 aromatic rings. The average molecular weight is 288 g/mol. The second-order valence-electron chi connectivity index (χ2n) is 4.59. The van der Waals surface area contributed by atoms with Crippen LogP contribution in [0.3, 0.4) is 0 Å². The van der Waals surface area contributed by atoms with Crippen LogP contribution < -0.4 is 0 Å². The molecule has 0 bridgehead atoms. The molecule has 0 saturated carbocycles. The monoisotopic (exact) mass is 287 g/mol. The molecule has 16 heavy (non-hydrogen) atoms. The quantitative estimate of drug-likeness (QED) is 0.614. The van der Waals surface area contributed by atoms with E-state index in [0.29, 0.717) is 0 Å². The maximum Gasteiger partial charge on any atom is 0.0383 e. The van der Waals surface area contributed by atoms with E-state index in [1.165, 1.54) is 50.6 Å². The average Bonchev–Trinajstić information content (AvgIpc) is 2.23. The summed E-state index contributed by atoms with van der Waals surface area (Å²) in [6.45, 7) is 6.84. The molecular formula is C14H26BrN. The molecule has 0 saturated heterocycles. The van der Waals surface area contributed by atoms with E-state index < -0.39 is 0 Å². The molecule has 0 radical (unpaired) electrons. The van der Waals surface area contributed by atoms with Crippen molar-refractivity contribution in [1.29, 1.82) is 0 Å². The maximum absolute atomic E-state index is 2.43. The zero-order valence-corrected chi connectivity index (χ0v) is 12.5. The third kappa shape index (κ3) is 7.10. The van der Waals surface area contributed by atoms with E-state index in [0.717, 1.165) is 6.54 Å². The Bertz CT molecular complexity index is 221. The van der Waals surface area contributed by atoms with Crippen LogP contribution in [0.1, 0.15) is 52.4 Å². The molecule has 0 spiro atoms. The van der Waals surface area contributed by atoms with Crippen LogP contribution >= 0.6 is 17.0 Å². The molecule has 1 heterocycles. The lowest BCUT2D eigenvalue weighted by molar-refractivity contribution is 0.384. The summed E-state index contributed by atoms with van der Waals surface area (Å²) >= 11 is 0. The van der Waals surface area contributed by atoms with Crippen molar-refractivity contribution in [1.82, 2.24) is 4.90 Å². The van der Waals surface area contributed by atoms with Crippen LogP contribution in [0.5, 0.6) is 0 Å². The van der Waals surface area contributed by atoms with Gasteiger partial charge in [-0.15, -0.1) is 17.0 Å². The first kappa shape index (κ1) is 15.8. The molecule has 0 aliphatic carbocycles. The summed E-state index contributed by atoms with van der Waals surface area (Å²) in [6, 6.07) is 0. The summed E-state index contributed by atoms with van der Waals surface area (Å²) in [7, 11) is 0. The Hall–Kier alpha value is -0.240. The van der Waals surface area contributed by atoms with Gasteiger partial charge in [-0.1, -0.05) is 50.7 Å². The predicted octanol–water partition coefficient (Wildman–Crippen LogP) is 4.70. The van der Waals surface area contributed by atoms with Gasteiger partial charge in [0, 0.05) is 13.1 Å². The molecule has 0 amide bonds. The standard InChI is InChI=1S/C14H25N.BrH/c1-3-4-5-6-7-8-11-15-12-9-10-14(2)13-15;/h9-10,12H,3-8,11,13H2,1-2H3;1H. The normalized spacial score (nSPS) is 14.6. The number of hydrogen-bond acceptors (Lipinski definition) is 1. The van der Waals surface area contributed by atoms with Gasteiger partial charge >= 0.3 is 0 Å². The van der Waals surface area contributed by atoms with E-state index in [9.17, 15) is 0 Å². The third-order valence-electron chi connectivity index (χ3n) is 2.93. The van der Waals surface area contributed by atoms with Gasteiger partial charge in [-0.2, -0.15) is 0 Å². The summed E-state index contributed by atoms with van der Waals surface area (Å²) in [5, 5.41) is 0. The van der Waals surface area contributed by atoms with E-state index in [4.69, 9.17) is 0 Å². The van der Waals surface area contributed by atoms with Gasteiger partial charge in [-0.25, -0.2) is 0 Å². The molecule has 0 atom stereocenters. The molecule has 0 fully saturated rings. The van der Waals surface area contributed by atoms with E-state index >= 15 is 0 Å². The molecule has 0 aromatic heterocycles. The van der Waals surface area contributed by atoms with Gasteiger partial charge in [-0.3, -0.25) is 0 Å². The molecule has 0 unspecified atom stereocenters. The second kappa shape index (κ2) is 9.95. The zero-order valence-electron chi connectivity index (χ0n) is 10.7. The Morgan fingerprint density at radius 3 is 2.50 bits per heavy atom. The van der Waals surface area contributed by atoms with E-state index in [-0.39, 0.29) is 17.0 Å². The first-order valence-electron chi connectivity index (χ1n) is 6.41. The number of hydrogen-bond donors (Lipinski definition) is 0. The van der Waals surface area contributed by atoms with Crippen LogP contribution in [-0.4, -0.2) is 18.0 Å². The molecule has 1 aliphatic heterocycles. The molecule has 0 N–H and O–H groups in total. The molecular weight excluding hydrogens is 262 g/mol. The van der Waals surface area contributed by atoms with Crippen LogP contribution in [0.15, 0.2) is 23.9 Å². The number of allylic oxidation sites excluding steroid dienone is 2. The van der Waals surface area contributed by atoms with Gasteiger partial charge in [0.25, 0.3) is 0 Å². The van der Waals surface area contributed by atoms with Crippen LogP contribution in [0.4, 0.5) is 0 Å². The van der Waals surface area contributed by atoms with Crippen LogP contribution in [-0.2, 0) is 0 Å². The van der Waals surface area contributed by atoms with E-state index in [2.05, 4.69) is 37.1 Å². The lowest BCUT2D eigenvalue weighted by Gasteiger charge is -2.23. The summed E-state index contributed by atoms with van der Waals surface area (Å²) in [5.41, 5.74) is 1.48. The number of rotatable bonds is 7. The summed E-state index contributed by atoms with van der Waals surface area (Å²) in [4.78, 5) is 2.43. The highest BCUT2D eigenvalue weighted by Crippen LogP contribution is 2.10. The van der Waals surface area contributed by atoms with Crippen molar-refractivity contribution in [2.75, 3.05) is 13.1 Å². The zero-order chi connectivity index (χ0) is 10.9. The Kier molecular flexibility index (Phi) is 9.80. The lowest BCUT2D eigenvalue weighted by atomic mass is 10.1. The minimum atomic E-state index is 0. The van der Waals surface area contributed by atoms with Crippen LogP contribution in [0.2, 0.25) is 0 Å². The van der Waals surface area contributed by atoms with Gasteiger partial charge in [0.2, 0.25) is 0 Å². The number of unbranched alkanes of at least 4 members (excludes halogenated alkanes) is 5. The lowest BCUT2D eigenvalue weighted by Crippen LogP contribution is -2.22. The molecule has 1 rings (SSSR count). The minimum absolute atomic E-state index is 0. The highest BCUT2D eigenvalue weighted by atomic mass is 79.9. The molecule has 94 valence electrons. The first-order valence-corrected chi connectivity index (χ1v) is 6.41. The van der Waals surface area contributed by atoms with Gasteiger partial charge < -0.3 is 4.90 Å². The van der Waals surface area contributed by atoms with E-state index in [1.54, 1.807) is 0 Å². The first-order chi connectivity index (χ1) is 7.33. The van der Waals surface area contributed by atoms with Gasteiger partial charge in [0.15, 0.2) is 0 Å². The van der Waals surface area contributed by atoms with Crippen molar-refractivity contribution in [3.8, 4) is 0 Å². The Labute approximate surface area is 111 Å². The largest absolute Gasteiger partial charge is 0.373 e. The van der Waals surface area contributed by atoms with Crippen molar-refractivity contribution in [2.45, 2.75) is 52.4 Å². The smallest absolute Gasteiger partial charge is 0.0383 e. The number of halogens is 1. The van der Waals surface area contributed by atoms with Gasteiger partial charge in [0.1, 0.15) is 0 Å². The fourth-order valence-electron chi connectivity index (χ4n) is 2.00. The minimum Gasteiger partial charge on any atom is -0.373 e. The van der Waals surface area contributed by atoms with Crippen molar-refractivity contribution < 1.29 is 0 Å². The fraction of sp³-hybridized carbons (Fsp3) is 0.714. The van der Waals surface area contributed by atoms with Crippen LogP contribution in [0, 0.1) is 0 Å². The Balaban J connectivity index is 0.00000225. The maximum atomic E-state index is 2.43. The molecule has 0 aromatic carbocycles. The Morgan fingerprint density at radius 2 is 1.81 bits per heavy atom. The molecule has 1 nitrogen and oxygen atoms in total. The molecule has 1 aliphatic rings. The predicted molar refractivity (Wildman–Crippen MR) is 78.2 cm³/mol. The highest BCUT2D eigenvalue weighted by molar-refractivity contribution is 8.93. The summed E-state index contributed by atoms with van der Waals surface area (Å²) < 4.78 is 0. The SMILES string of the molecule is Br.CCCCCCCCN1C=CC=C(C)C1. The van der Waals surface area contributed by atoms with Gasteiger partial charge in [-0.05, 0) is 25.6 Å². The highest BCUT2D eigenvalue weighted by Gasteiger charge is 2.02. The number of nitrogens with zero attached hydrogens (tertiary/aromatic N) is 1. The third-order valence-corrected chi connectivity index (χ3v) is 2.93. The van der Waals surface area contributed by atoms with Crippen molar-refractivity contribution in [3.05, 3.63) is 23.9 Å². The molecule has 2 heteroatoms. The second-order valence-corrected chi connectivity index (χ2v) is 4.59. The van der Waals surface area contributed by atoms with Crippen LogP contribution in [0.25, 0.3) is 0 Å². The topological polar surface area (TPSA) is 3.24 Å². The van der Waals surface area contributed by atoms with Gasteiger partial charge in [0.05, 0.1) is 0 Å². The summed E-state index contributed by atoms with van der Waals surface area (Å²) in [6.07, 6.45) is 14.9. The Morgan fingerprint density at radius 1 is 1.12 bits per heavy atom. The van der Waals surface area contributed by atoms with Crippen molar-refractivity contribution in [2.24, 2.45) is 0 Å².